The maximum Gasteiger partial charge on any atom is 0.295 e. The molecule has 2 saturated heterocycles. The molecule has 4 rings (SSSR count). The number of hydrogen-bond donors (Lipinski definition) is 1. The van der Waals surface area contributed by atoms with Crippen molar-refractivity contribution in [3.63, 3.8) is 0 Å². The molecule has 0 bridgehead atoms. The van der Waals surface area contributed by atoms with E-state index in [1.165, 1.54) is 0 Å². The van der Waals surface area contributed by atoms with Gasteiger partial charge in [-0.2, -0.15) is 0 Å². The molecule has 0 spiro atoms. The number of nitrogens with zero attached hydrogens (tertiary/aromatic N) is 2. The molecule has 2 heterocycles. The fourth-order valence-corrected chi connectivity index (χ4v) is 5.06. The molecular weight excluding hydrogens is 536 g/mol. The first-order valence-electron chi connectivity index (χ1n) is 12.8. The predicted octanol–water partition coefficient (Wildman–Crippen LogP) is 4.94. The Bertz CT molecular complexity index is 1160. The van der Waals surface area contributed by atoms with Gasteiger partial charge in [0.15, 0.2) is 0 Å². The number of carbonyl (C=O) groups excluding carboxylic acids is 2. The lowest BCUT2D eigenvalue weighted by molar-refractivity contribution is -0.140. The monoisotopic (exact) mass is 570 g/mol. The van der Waals surface area contributed by atoms with Gasteiger partial charge in [0.25, 0.3) is 11.7 Å². The van der Waals surface area contributed by atoms with E-state index >= 15 is 0 Å². The number of carbonyl (C=O) groups is 2. The molecule has 0 aliphatic carbocycles. The zero-order valence-electron chi connectivity index (χ0n) is 21.7. The molecule has 0 aromatic heterocycles. The lowest BCUT2D eigenvalue weighted by atomic mass is 9.94. The number of aliphatic hydroxyl groups excluding tert-OH is 1. The minimum Gasteiger partial charge on any atom is -0.507 e. The predicted molar refractivity (Wildman–Crippen MR) is 147 cm³/mol. The van der Waals surface area contributed by atoms with Crippen LogP contribution in [0.2, 0.25) is 0 Å². The number of rotatable bonds is 9. The first-order chi connectivity index (χ1) is 17.8. The third-order valence-electron chi connectivity index (χ3n) is 6.74. The average Bonchev–Trinajstić information content (AvgIpc) is 3.13. The lowest BCUT2D eigenvalue weighted by Gasteiger charge is -2.29. The molecule has 0 unspecified atom stereocenters. The second-order valence-corrected chi connectivity index (χ2v) is 10.9. The largest absolute Gasteiger partial charge is 0.507 e. The lowest BCUT2D eigenvalue weighted by Crippen LogP contribution is -2.38. The summed E-state index contributed by atoms with van der Waals surface area (Å²) in [6.45, 7) is 11.0. The number of ketones is 1. The van der Waals surface area contributed by atoms with E-state index in [0.717, 1.165) is 41.7 Å². The van der Waals surface area contributed by atoms with Crippen molar-refractivity contribution in [3.8, 4) is 5.75 Å². The maximum absolute atomic E-state index is 13.3. The maximum atomic E-state index is 13.3. The van der Waals surface area contributed by atoms with E-state index in [4.69, 9.17) is 9.47 Å². The van der Waals surface area contributed by atoms with Gasteiger partial charge in [-0.15, -0.1) is 0 Å². The van der Waals surface area contributed by atoms with Crippen LogP contribution in [0.5, 0.6) is 5.75 Å². The third kappa shape index (κ3) is 6.43. The molecule has 2 aliphatic rings. The number of Topliss-reactive ketones (excluding diaryl/α,β-unsaturated/α-hetero) is 1. The summed E-state index contributed by atoms with van der Waals surface area (Å²) < 4.78 is 12.1. The molecule has 0 saturated carbocycles. The van der Waals surface area contributed by atoms with Crippen LogP contribution in [-0.4, -0.2) is 72.6 Å². The molecule has 2 aromatic rings. The Labute approximate surface area is 227 Å². The van der Waals surface area contributed by atoms with Crippen LogP contribution in [0.25, 0.3) is 5.76 Å². The molecule has 0 radical (unpaired) electrons. The normalized spacial score (nSPS) is 20.1. The molecule has 7 nitrogen and oxygen atoms in total. The number of ether oxygens (including phenoxy) is 2. The fraction of sp³-hybridized carbons (Fsp3) is 0.448. The molecular formula is C29H35BrN2O5. The number of aryl methyl sites for hydroxylation is 1. The average molecular weight is 572 g/mol. The highest BCUT2D eigenvalue weighted by atomic mass is 79.9. The molecule has 198 valence electrons. The Morgan fingerprint density at radius 3 is 2.46 bits per heavy atom. The van der Waals surface area contributed by atoms with Crippen molar-refractivity contribution in [3.05, 3.63) is 69.2 Å². The van der Waals surface area contributed by atoms with Crippen molar-refractivity contribution < 1.29 is 24.2 Å². The van der Waals surface area contributed by atoms with E-state index in [-0.39, 0.29) is 11.3 Å². The van der Waals surface area contributed by atoms with Crippen LogP contribution in [0.4, 0.5) is 0 Å². The first-order valence-corrected chi connectivity index (χ1v) is 13.6. The van der Waals surface area contributed by atoms with Gasteiger partial charge in [-0.25, -0.2) is 0 Å². The van der Waals surface area contributed by atoms with Gasteiger partial charge in [0.05, 0.1) is 31.4 Å². The topological polar surface area (TPSA) is 79.3 Å². The Morgan fingerprint density at radius 2 is 1.81 bits per heavy atom. The van der Waals surface area contributed by atoms with Crippen molar-refractivity contribution in [2.75, 3.05) is 46.0 Å². The van der Waals surface area contributed by atoms with E-state index in [9.17, 15) is 14.7 Å². The summed E-state index contributed by atoms with van der Waals surface area (Å²) in [7, 11) is 0. The van der Waals surface area contributed by atoms with Crippen molar-refractivity contribution in [1.82, 2.24) is 9.80 Å². The zero-order chi connectivity index (χ0) is 26.5. The van der Waals surface area contributed by atoms with Crippen molar-refractivity contribution in [2.45, 2.75) is 33.2 Å². The standard InChI is InChI=1S/C29H35BrN2O5/c1-19(2)18-37-23-9-10-24(20(3)17-23)27(33)25-26(21-5-7-22(30)8-6-21)32(29(35)28(25)34)12-4-11-31-13-15-36-16-14-31/h5-10,17,19,26,33H,4,11-16,18H2,1-3H3/t26-/m1/s1. The number of morpholine rings is 1. The van der Waals surface area contributed by atoms with Gasteiger partial charge in [-0.05, 0) is 60.7 Å². The highest BCUT2D eigenvalue weighted by Crippen LogP contribution is 2.40. The van der Waals surface area contributed by atoms with Crippen LogP contribution in [0.3, 0.4) is 0 Å². The SMILES string of the molecule is Cc1cc(OCC(C)C)ccc1C(O)=C1C(=O)C(=O)N(CCCN2CCOCC2)[C@@H]1c1ccc(Br)cc1. The number of halogens is 1. The summed E-state index contributed by atoms with van der Waals surface area (Å²) in [4.78, 5) is 30.5. The molecule has 8 heteroatoms. The van der Waals surface area contributed by atoms with E-state index in [1.807, 2.05) is 37.3 Å². The van der Waals surface area contributed by atoms with E-state index in [1.54, 1.807) is 17.0 Å². The number of hydrogen-bond acceptors (Lipinski definition) is 6. The zero-order valence-corrected chi connectivity index (χ0v) is 23.3. The molecule has 2 aromatic carbocycles. The Balaban J connectivity index is 1.65. The van der Waals surface area contributed by atoms with Crippen LogP contribution in [-0.2, 0) is 14.3 Å². The number of likely N-dealkylation sites (tertiary alicyclic amines) is 1. The van der Waals surface area contributed by atoms with Crippen LogP contribution >= 0.6 is 15.9 Å². The Morgan fingerprint density at radius 1 is 1.11 bits per heavy atom. The Hall–Kier alpha value is -2.68. The second kappa shape index (κ2) is 12.2. The van der Waals surface area contributed by atoms with Crippen molar-refractivity contribution >= 4 is 33.4 Å². The summed E-state index contributed by atoms with van der Waals surface area (Å²) in [5.74, 6) is -0.300. The van der Waals surface area contributed by atoms with Crippen LogP contribution in [0.15, 0.2) is 52.5 Å². The smallest absolute Gasteiger partial charge is 0.295 e. The van der Waals surface area contributed by atoms with E-state index in [2.05, 4.69) is 34.7 Å². The van der Waals surface area contributed by atoms with Crippen LogP contribution in [0.1, 0.15) is 43.0 Å². The molecule has 1 amide bonds. The quantitative estimate of drug-likeness (QED) is 0.261. The number of amides is 1. The van der Waals surface area contributed by atoms with Gasteiger partial charge in [-0.1, -0.05) is 41.9 Å². The fourth-order valence-electron chi connectivity index (χ4n) is 4.79. The van der Waals surface area contributed by atoms with Gasteiger partial charge in [0.1, 0.15) is 11.5 Å². The van der Waals surface area contributed by atoms with Crippen molar-refractivity contribution in [1.29, 1.82) is 0 Å². The number of aliphatic hydroxyl groups is 1. The van der Waals surface area contributed by atoms with Crippen molar-refractivity contribution in [2.24, 2.45) is 5.92 Å². The second-order valence-electron chi connectivity index (χ2n) is 10.0. The van der Waals surface area contributed by atoms with Gasteiger partial charge in [-0.3, -0.25) is 14.5 Å². The highest BCUT2D eigenvalue weighted by Gasteiger charge is 2.46. The molecule has 37 heavy (non-hydrogen) atoms. The van der Waals surface area contributed by atoms with Gasteiger partial charge in [0.2, 0.25) is 0 Å². The van der Waals surface area contributed by atoms with E-state index in [0.29, 0.717) is 43.6 Å². The summed E-state index contributed by atoms with van der Waals surface area (Å²) in [6, 6.07) is 12.3. The van der Waals surface area contributed by atoms with Gasteiger partial charge >= 0.3 is 0 Å². The summed E-state index contributed by atoms with van der Waals surface area (Å²) in [5.41, 5.74) is 2.19. The Kier molecular flexibility index (Phi) is 9.05. The first kappa shape index (κ1) is 27.4. The van der Waals surface area contributed by atoms with Gasteiger partial charge < -0.3 is 19.5 Å². The molecule has 1 atom stereocenters. The van der Waals surface area contributed by atoms with Gasteiger partial charge in [0, 0.05) is 36.2 Å². The minimum absolute atomic E-state index is 0.123. The molecule has 2 aliphatic heterocycles. The third-order valence-corrected chi connectivity index (χ3v) is 7.27. The summed E-state index contributed by atoms with van der Waals surface area (Å²) >= 11 is 3.46. The van der Waals surface area contributed by atoms with Crippen LogP contribution in [0, 0.1) is 12.8 Å². The summed E-state index contributed by atoms with van der Waals surface area (Å²) in [6.07, 6.45) is 0.723. The van der Waals surface area contributed by atoms with E-state index < -0.39 is 17.7 Å². The van der Waals surface area contributed by atoms with Crippen LogP contribution < -0.4 is 4.74 Å². The highest BCUT2D eigenvalue weighted by molar-refractivity contribution is 9.10. The minimum atomic E-state index is -0.658. The molecule has 1 N–H and O–H groups in total. The summed E-state index contributed by atoms with van der Waals surface area (Å²) in [5, 5.41) is 11.4. The molecule has 2 fully saturated rings. The number of benzene rings is 2.